The lowest BCUT2D eigenvalue weighted by Crippen LogP contribution is -1.97. The molecule has 0 amide bonds. The van der Waals surface area contributed by atoms with Crippen molar-refractivity contribution in [3.05, 3.63) is 155 Å². The van der Waals surface area contributed by atoms with Crippen LogP contribution in [0.4, 0.5) is 0 Å². The Morgan fingerprint density at radius 1 is 0.545 bits per heavy atom. The number of hydrogen-bond acceptors (Lipinski definition) is 0. The Kier molecular flexibility index (Phi) is 4.91. The van der Waals surface area contributed by atoms with Crippen molar-refractivity contribution in [2.24, 2.45) is 0 Å². The Morgan fingerprint density at radius 3 is 2.27 bits per heavy atom. The van der Waals surface area contributed by atoms with Crippen LogP contribution in [0.2, 0.25) is 0 Å². The summed E-state index contributed by atoms with van der Waals surface area (Å²) in [6, 6.07) is 41.8. The molecule has 0 N–H and O–H groups in total. The van der Waals surface area contributed by atoms with Crippen LogP contribution in [0.15, 0.2) is 121 Å². The highest BCUT2D eigenvalue weighted by Crippen LogP contribution is 2.51. The molecule has 0 heteroatoms. The molecule has 0 saturated carbocycles. The summed E-state index contributed by atoms with van der Waals surface area (Å²) in [5.41, 5.74) is 18.1. The second kappa shape index (κ2) is 8.91. The topological polar surface area (TPSA) is 0 Å². The second-order valence-corrected chi connectivity index (χ2v) is 12.7. The average Bonchev–Trinajstić information content (AvgIpc) is 3.60. The molecule has 0 spiro atoms. The summed E-state index contributed by atoms with van der Waals surface area (Å²) in [5.74, 6) is 0. The number of fused-ring (bicyclic) bond motifs is 11. The maximum atomic E-state index is 2.50. The zero-order valence-electron chi connectivity index (χ0n) is 24.7. The van der Waals surface area contributed by atoms with Crippen LogP contribution in [0, 0.1) is 0 Å². The van der Waals surface area contributed by atoms with Crippen LogP contribution < -0.4 is 0 Å². The lowest BCUT2D eigenvalue weighted by atomic mass is 9.87. The maximum Gasteiger partial charge on any atom is -0.000728 e. The van der Waals surface area contributed by atoms with Crippen LogP contribution in [-0.4, -0.2) is 0 Å². The lowest BCUT2D eigenvalue weighted by molar-refractivity contribution is 0.982. The van der Waals surface area contributed by atoms with Gasteiger partial charge in [-0.3, -0.25) is 0 Å². The quantitative estimate of drug-likeness (QED) is 0.185. The molecule has 0 unspecified atom stereocenters. The van der Waals surface area contributed by atoms with Gasteiger partial charge in [-0.2, -0.15) is 0 Å². The number of hydrogen-bond donors (Lipinski definition) is 0. The minimum Gasteiger partial charge on any atom is -0.0871 e. The minimum absolute atomic E-state index is 0.981. The van der Waals surface area contributed by atoms with Crippen molar-refractivity contribution in [1.82, 2.24) is 0 Å². The standard InChI is InChI=1S/C44H30/c1-2-9-26-12-6-15-31-35(26)21-30-22-40-36(27-10-4-3-5-11-27)23-41-32(42(40)25-38(30)31)19-18-29-20-39-33-16-7-13-28-14-8-17-34(44(28)33)43(39)24-37(29)41/h2-7,9-13,15-20,22-25H,8,14,21H2,1H3/b9-2-. The summed E-state index contributed by atoms with van der Waals surface area (Å²) < 4.78 is 0. The van der Waals surface area contributed by atoms with Gasteiger partial charge in [0.25, 0.3) is 0 Å². The van der Waals surface area contributed by atoms with E-state index in [0.29, 0.717) is 0 Å². The van der Waals surface area contributed by atoms with Gasteiger partial charge in [-0.25, -0.2) is 0 Å². The molecule has 7 aromatic carbocycles. The highest BCUT2D eigenvalue weighted by atomic mass is 14.3. The predicted octanol–water partition coefficient (Wildman–Crippen LogP) is 11.8. The Balaban J connectivity index is 1.30. The van der Waals surface area contributed by atoms with Crippen molar-refractivity contribution < 1.29 is 0 Å². The molecule has 44 heavy (non-hydrogen) atoms. The zero-order valence-corrected chi connectivity index (χ0v) is 24.7. The van der Waals surface area contributed by atoms with Crippen LogP contribution in [0.25, 0.3) is 77.3 Å². The third-order valence-electron chi connectivity index (χ3n) is 10.4. The summed E-state index contributed by atoms with van der Waals surface area (Å²) in [4.78, 5) is 0. The van der Waals surface area contributed by atoms with Gasteiger partial charge in [-0.15, -0.1) is 0 Å². The van der Waals surface area contributed by atoms with Gasteiger partial charge in [0.05, 0.1) is 0 Å². The van der Waals surface area contributed by atoms with E-state index < -0.39 is 0 Å². The largest absolute Gasteiger partial charge is 0.0871 e. The number of allylic oxidation sites excluding steroid dienone is 2. The molecule has 0 atom stereocenters. The predicted molar refractivity (Wildman–Crippen MR) is 188 cm³/mol. The van der Waals surface area contributed by atoms with Gasteiger partial charge in [0.1, 0.15) is 0 Å². The van der Waals surface area contributed by atoms with Crippen molar-refractivity contribution >= 4 is 44.0 Å². The molecular formula is C44H30. The Hall–Kier alpha value is -5.20. The van der Waals surface area contributed by atoms with Gasteiger partial charge < -0.3 is 0 Å². The smallest absolute Gasteiger partial charge is 0.000728 e. The van der Waals surface area contributed by atoms with Crippen molar-refractivity contribution in [2.75, 3.05) is 0 Å². The highest BCUT2D eigenvalue weighted by molar-refractivity contribution is 6.23. The Morgan fingerprint density at radius 2 is 1.36 bits per heavy atom. The fourth-order valence-electron chi connectivity index (χ4n) is 8.45. The molecule has 0 heterocycles. The Labute approximate surface area is 257 Å². The van der Waals surface area contributed by atoms with E-state index >= 15 is 0 Å². The van der Waals surface area contributed by atoms with Gasteiger partial charge >= 0.3 is 0 Å². The molecule has 7 aromatic rings. The van der Waals surface area contributed by atoms with Gasteiger partial charge in [0.2, 0.25) is 0 Å². The molecule has 0 saturated heterocycles. The molecule has 0 nitrogen and oxygen atoms in total. The molecule has 0 fully saturated rings. The van der Waals surface area contributed by atoms with Crippen LogP contribution in [0.5, 0.6) is 0 Å². The first-order valence-corrected chi connectivity index (χ1v) is 15.9. The van der Waals surface area contributed by atoms with Gasteiger partial charge in [-0.1, -0.05) is 97.1 Å². The minimum atomic E-state index is 0.981. The summed E-state index contributed by atoms with van der Waals surface area (Å²) >= 11 is 0. The van der Waals surface area contributed by atoms with E-state index in [2.05, 4.69) is 134 Å². The van der Waals surface area contributed by atoms with Crippen LogP contribution in [0.1, 0.15) is 46.7 Å². The molecule has 3 aliphatic carbocycles. The monoisotopic (exact) mass is 558 g/mol. The lowest BCUT2D eigenvalue weighted by Gasteiger charge is -2.16. The first-order chi connectivity index (χ1) is 21.8. The molecule has 0 radical (unpaired) electrons. The summed E-state index contributed by atoms with van der Waals surface area (Å²) in [6.07, 6.45) is 10.1. The van der Waals surface area contributed by atoms with Crippen LogP contribution >= 0.6 is 0 Å². The van der Waals surface area contributed by atoms with E-state index in [-0.39, 0.29) is 0 Å². The van der Waals surface area contributed by atoms with E-state index in [9.17, 15) is 0 Å². The van der Waals surface area contributed by atoms with Gasteiger partial charge in [0.15, 0.2) is 0 Å². The van der Waals surface area contributed by atoms with Crippen molar-refractivity contribution in [1.29, 1.82) is 0 Å². The Bertz CT molecular complexity index is 2450. The average molecular weight is 559 g/mol. The maximum absolute atomic E-state index is 2.50. The third kappa shape index (κ3) is 3.23. The second-order valence-electron chi connectivity index (χ2n) is 12.7. The van der Waals surface area contributed by atoms with E-state index in [1.54, 1.807) is 0 Å². The molecule has 10 rings (SSSR count). The van der Waals surface area contributed by atoms with Crippen molar-refractivity contribution in [3.8, 4) is 33.4 Å². The fourth-order valence-corrected chi connectivity index (χ4v) is 8.45. The SMILES string of the molecule is C/C=C\c1cccc2c1Cc1cc3c(-c4ccccc4)cc4c5cc6c(cc5ccc4c3cc1-2)-c1cccc2c1C6=CCC2. The molecule has 0 aliphatic heterocycles. The van der Waals surface area contributed by atoms with Crippen LogP contribution in [-0.2, 0) is 12.8 Å². The normalized spacial score (nSPS) is 14.2. The number of benzene rings is 7. The number of aryl methyl sites for hydroxylation is 1. The summed E-state index contributed by atoms with van der Waals surface area (Å²) in [6.45, 7) is 2.11. The van der Waals surface area contributed by atoms with E-state index in [4.69, 9.17) is 0 Å². The molecular weight excluding hydrogens is 528 g/mol. The van der Waals surface area contributed by atoms with E-state index in [0.717, 1.165) is 19.3 Å². The molecule has 206 valence electrons. The molecule has 0 aromatic heterocycles. The highest BCUT2D eigenvalue weighted by Gasteiger charge is 2.29. The summed E-state index contributed by atoms with van der Waals surface area (Å²) in [5, 5.41) is 8.02. The third-order valence-corrected chi connectivity index (χ3v) is 10.4. The van der Waals surface area contributed by atoms with Gasteiger partial charge in [0, 0.05) is 0 Å². The first kappa shape index (κ1) is 24.3. The van der Waals surface area contributed by atoms with Gasteiger partial charge in [-0.05, 0) is 161 Å². The number of rotatable bonds is 2. The van der Waals surface area contributed by atoms with Crippen molar-refractivity contribution in [2.45, 2.75) is 26.2 Å². The molecule has 3 aliphatic rings. The fraction of sp³-hybridized carbons (Fsp3) is 0.0909. The van der Waals surface area contributed by atoms with Crippen LogP contribution in [0.3, 0.4) is 0 Å². The first-order valence-electron chi connectivity index (χ1n) is 15.9. The molecule has 0 bridgehead atoms. The summed E-state index contributed by atoms with van der Waals surface area (Å²) in [7, 11) is 0. The van der Waals surface area contributed by atoms with E-state index in [1.807, 2.05) is 0 Å². The van der Waals surface area contributed by atoms with E-state index in [1.165, 1.54) is 105 Å². The zero-order chi connectivity index (χ0) is 28.9. The van der Waals surface area contributed by atoms with Crippen molar-refractivity contribution in [3.63, 3.8) is 0 Å².